The summed E-state index contributed by atoms with van der Waals surface area (Å²) in [4.78, 5) is 25.5. The summed E-state index contributed by atoms with van der Waals surface area (Å²) in [6.07, 6.45) is 1.24. The van der Waals surface area contributed by atoms with Crippen LogP contribution in [0.5, 0.6) is 5.75 Å². The Balaban J connectivity index is 1.76. The first-order chi connectivity index (χ1) is 11.3. The second-order valence-corrected chi connectivity index (χ2v) is 7.62. The molecule has 0 atom stereocenters. The summed E-state index contributed by atoms with van der Waals surface area (Å²) in [6.45, 7) is 1.22. The van der Waals surface area contributed by atoms with Crippen LogP contribution in [0.1, 0.15) is 12.8 Å². The largest absolute Gasteiger partial charge is 0.508 e. The lowest BCUT2D eigenvalue weighted by Crippen LogP contribution is -2.50. The number of phenolic OH excluding ortho intramolecular Hbond substituents is 1. The van der Waals surface area contributed by atoms with Crippen molar-refractivity contribution in [3.63, 3.8) is 0 Å². The molecule has 2 rings (SSSR count). The molecule has 0 spiro atoms. The molecule has 0 bridgehead atoms. The first-order valence-corrected chi connectivity index (χ1v) is 9.42. The molecule has 2 N–H and O–H groups in total. The number of hydrogen-bond donors (Lipinski definition) is 2. The van der Waals surface area contributed by atoms with Gasteiger partial charge in [-0.1, -0.05) is 6.07 Å². The van der Waals surface area contributed by atoms with E-state index >= 15 is 0 Å². The van der Waals surface area contributed by atoms with Gasteiger partial charge >= 0.3 is 0 Å². The fourth-order valence-corrected chi connectivity index (χ4v) is 3.28. The smallest absolute Gasteiger partial charge is 0.224 e. The molecule has 1 fully saturated rings. The van der Waals surface area contributed by atoms with Crippen molar-refractivity contribution in [1.29, 1.82) is 0 Å². The molecule has 0 saturated carbocycles. The summed E-state index contributed by atoms with van der Waals surface area (Å²) >= 11 is 0. The molecular formula is C15H21N3O5S. The number of amides is 2. The van der Waals surface area contributed by atoms with Gasteiger partial charge in [0, 0.05) is 50.8 Å². The van der Waals surface area contributed by atoms with Crippen LogP contribution in [-0.2, 0) is 19.6 Å². The maximum absolute atomic E-state index is 12.1. The van der Waals surface area contributed by atoms with Gasteiger partial charge in [-0.15, -0.1) is 0 Å². The molecule has 1 saturated heterocycles. The lowest BCUT2D eigenvalue weighted by atomic mass is 10.2. The van der Waals surface area contributed by atoms with Gasteiger partial charge in [0.15, 0.2) is 0 Å². The zero-order valence-corrected chi connectivity index (χ0v) is 14.3. The van der Waals surface area contributed by atoms with E-state index in [2.05, 4.69) is 5.32 Å². The van der Waals surface area contributed by atoms with E-state index in [0.717, 1.165) is 6.26 Å². The van der Waals surface area contributed by atoms with Crippen LogP contribution in [0.2, 0.25) is 0 Å². The topological polar surface area (TPSA) is 107 Å². The van der Waals surface area contributed by atoms with Gasteiger partial charge < -0.3 is 15.3 Å². The van der Waals surface area contributed by atoms with Crippen LogP contribution in [0.15, 0.2) is 24.3 Å². The molecule has 1 aromatic carbocycles. The number of aromatic hydroxyl groups is 1. The molecule has 2 amide bonds. The molecule has 8 nitrogen and oxygen atoms in total. The van der Waals surface area contributed by atoms with E-state index in [-0.39, 0.29) is 43.5 Å². The van der Waals surface area contributed by atoms with Gasteiger partial charge in [0.1, 0.15) is 5.75 Å². The minimum Gasteiger partial charge on any atom is -0.508 e. The molecule has 24 heavy (non-hydrogen) atoms. The predicted octanol–water partition coefficient (Wildman–Crippen LogP) is 0.215. The SMILES string of the molecule is CS(=O)(=O)N1CCN(C(=O)CCC(=O)Nc2cccc(O)c2)CC1. The fourth-order valence-electron chi connectivity index (χ4n) is 2.45. The highest BCUT2D eigenvalue weighted by Crippen LogP contribution is 2.16. The molecule has 132 valence electrons. The van der Waals surface area contributed by atoms with E-state index in [1.165, 1.54) is 16.4 Å². The Hall–Kier alpha value is -2.13. The molecule has 1 aliphatic rings. The minimum absolute atomic E-state index is 0.0286. The van der Waals surface area contributed by atoms with Gasteiger partial charge in [-0.05, 0) is 12.1 Å². The van der Waals surface area contributed by atoms with Crippen molar-refractivity contribution >= 4 is 27.5 Å². The number of carbonyl (C=O) groups is 2. The summed E-state index contributed by atoms with van der Waals surface area (Å²) in [6, 6.07) is 6.17. The molecular weight excluding hydrogens is 334 g/mol. The number of nitrogens with zero attached hydrogens (tertiary/aromatic N) is 2. The molecule has 1 aromatic rings. The third-order valence-electron chi connectivity index (χ3n) is 3.76. The number of anilines is 1. The number of sulfonamides is 1. The fraction of sp³-hybridized carbons (Fsp3) is 0.467. The number of carbonyl (C=O) groups excluding carboxylic acids is 2. The monoisotopic (exact) mass is 355 g/mol. The molecule has 0 aliphatic carbocycles. The van der Waals surface area contributed by atoms with E-state index in [4.69, 9.17) is 0 Å². The summed E-state index contributed by atoms with van der Waals surface area (Å²) in [5, 5.41) is 11.9. The average Bonchev–Trinajstić information content (AvgIpc) is 2.52. The van der Waals surface area contributed by atoms with Gasteiger partial charge in [-0.25, -0.2) is 8.42 Å². The Bertz CT molecular complexity index is 712. The number of hydrogen-bond acceptors (Lipinski definition) is 5. The number of piperazine rings is 1. The van der Waals surface area contributed by atoms with E-state index in [9.17, 15) is 23.1 Å². The van der Waals surface area contributed by atoms with Crippen LogP contribution in [0.4, 0.5) is 5.69 Å². The third kappa shape index (κ3) is 5.20. The Morgan fingerprint density at radius 3 is 2.42 bits per heavy atom. The van der Waals surface area contributed by atoms with E-state index in [1.54, 1.807) is 17.0 Å². The first-order valence-electron chi connectivity index (χ1n) is 7.57. The Morgan fingerprint density at radius 2 is 1.83 bits per heavy atom. The molecule has 9 heteroatoms. The molecule has 0 aromatic heterocycles. The van der Waals surface area contributed by atoms with E-state index in [0.29, 0.717) is 18.8 Å². The van der Waals surface area contributed by atoms with Crippen LogP contribution < -0.4 is 5.32 Å². The molecule has 0 radical (unpaired) electrons. The van der Waals surface area contributed by atoms with Crippen molar-refractivity contribution in [3.8, 4) is 5.75 Å². The van der Waals surface area contributed by atoms with Crippen molar-refractivity contribution in [1.82, 2.24) is 9.21 Å². The molecule has 1 aliphatic heterocycles. The van der Waals surface area contributed by atoms with Gasteiger partial charge in [0.05, 0.1) is 6.26 Å². The van der Waals surface area contributed by atoms with Crippen LogP contribution in [0, 0.1) is 0 Å². The Labute approximate surface area is 141 Å². The number of nitrogens with one attached hydrogen (secondary N) is 1. The number of phenols is 1. The quantitative estimate of drug-likeness (QED) is 0.785. The van der Waals surface area contributed by atoms with Gasteiger partial charge in [0.2, 0.25) is 21.8 Å². The zero-order valence-electron chi connectivity index (χ0n) is 13.4. The second-order valence-electron chi connectivity index (χ2n) is 5.64. The second kappa shape index (κ2) is 7.63. The lowest BCUT2D eigenvalue weighted by molar-refractivity contribution is -0.133. The lowest BCUT2D eigenvalue weighted by Gasteiger charge is -2.33. The highest BCUT2D eigenvalue weighted by molar-refractivity contribution is 7.88. The van der Waals surface area contributed by atoms with E-state index in [1.807, 2.05) is 0 Å². The average molecular weight is 355 g/mol. The summed E-state index contributed by atoms with van der Waals surface area (Å²) < 4.78 is 24.2. The van der Waals surface area contributed by atoms with Crippen molar-refractivity contribution in [2.24, 2.45) is 0 Å². The summed E-state index contributed by atoms with van der Waals surface area (Å²) in [7, 11) is -3.23. The van der Waals surface area contributed by atoms with Crippen molar-refractivity contribution in [2.45, 2.75) is 12.8 Å². The van der Waals surface area contributed by atoms with Crippen LogP contribution in [0.25, 0.3) is 0 Å². The van der Waals surface area contributed by atoms with Crippen molar-refractivity contribution in [2.75, 3.05) is 37.8 Å². The molecule has 0 unspecified atom stereocenters. The van der Waals surface area contributed by atoms with Gasteiger partial charge in [-0.2, -0.15) is 4.31 Å². The normalized spacial score (nSPS) is 16.0. The minimum atomic E-state index is -3.23. The zero-order chi connectivity index (χ0) is 17.7. The van der Waals surface area contributed by atoms with Crippen LogP contribution >= 0.6 is 0 Å². The maximum Gasteiger partial charge on any atom is 0.224 e. The van der Waals surface area contributed by atoms with Gasteiger partial charge in [-0.3, -0.25) is 9.59 Å². The highest BCUT2D eigenvalue weighted by atomic mass is 32.2. The maximum atomic E-state index is 12.1. The van der Waals surface area contributed by atoms with E-state index < -0.39 is 10.0 Å². The van der Waals surface area contributed by atoms with Crippen LogP contribution in [-0.4, -0.2) is 67.0 Å². The molecule has 1 heterocycles. The summed E-state index contributed by atoms with van der Waals surface area (Å²) in [5.74, 6) is -0.439. The van der Waals surface area contributed by atoms with Crippen molar-refractivity contribution < 1.29 is 23.1 Å². The number of benzene rings is 1. The standard InChI is InChI=1S/C15H21N3O5S/c1-24(22,23)18-9-7-17(8-10-18)15(21)6-5-14(20)16-12-3-2-4-13(19)11-12/h2-4,11,19H,5-10H2,1H3,(H,16,20). The third-order valence-corrected chi connectivity index (χ3v) is 5.06. The predicted molar refractivity (Wildman–Crippen MR) is 89.0 cm³/mol. The first kappa shape index (κ1) is 18.2. The Kier molecular flexibility index (Phi) is 5.79. The van der Waals surface area contributed by atoms with Crippen molar-refractivity contribution in [3.05, 3.63) is 24.3 Å². The number of rotatable bonds is 5. The Morgan fingerprint density at radius 1 is 1.17 bits per heavy atom. The van der Waals surface area contributed by atoms with Crippen LogP contribution in [0.3, 0.4) is 0 Å². The summed E-state index contributed by atoms with van der Waals surface area (Å²) in [5.41, 5.74) is 0.467. The van der Waals surface area contributed by atoms with Gasteiger partial charge in [0.25, 0.3) is 0 Å². The highest BCUT2D eigenvalue weighted by Gasteiger charge is 2.25.